The van der Waals surface area contributed by atoms with Gasteiger partial charge in [-0.05, 0) is 43.7 Å². The third kappa shape index (κ3) is 2.99. The van der Waals surface area contributed by atoms with Gasteiger partial charge in [-0.3, -0.25) is 0 Å². The molecule has 0 aliphatic carbocycles. The predicted octanol–water partition coefficient (Wildman–Crippen LogP) is 4.57. The fourth-order valence-electron chi connectivity index (χ4n) is 2.17. The second-order valence-corrected chi connectivity index (χ2v) is 6.24. The smallest absolute Gasteiger partial charge is 0.0956 e. The molecule has 0 aliphatic rings. The van der Waals surface area contributed by atoms with E-state index >= 15 is 0 Å². The lowest BCUT2D eigenvalue weighted by molar-refractivity contribution is 1.00. The summed E-state index contributed by atoms with van der Waals surface area (Å²) in [5.41, 5.74) is 4.88. The van der Waals surface area contributed by atoms with Crippen LogP contribution in [0, 0.1) is 13.8 Å². The Balaban J connectivity index is 1.63. The molecule has 1 aromatic heterocycles. The molecule has 0 atom stereocenters. The van der Waals surface area contributed by atoms with Gasteiger partial charge in [0.05, 0.1) is 15.2 Å². The maximum atomic E-state index is 4.68. The molecule has 0 bridgehead atoms. The van der Waals surface area contributed by atoms with Crippen LogP contribution in [0.1, 0.15) is 16.1 Å². The molecule has 0 unspecified atom stereocenters. The second-order valence-electron chi connectivity index (χ2n) is 5.12. The third-order valence-corrected chi connectivity index (χ3v) is 4.39. The summed E-state index contributed by atoms with van der Waals surface area (Å²) in [6.45, 7) is 5.15. The summed E-state index contributed by atoms with van der Waals surface area (Å²) in [5.74, 6) is 0. The van der Waals surface area contributed by atoms with Gasteiger partial charge in [0, 0.05) is 18.7 Å². The molecule has 0 fully saturated rings. The van der Waals surface area contributed by atoms with Gasteiger partial charge < -0.3 is 5.32 Å². The average Bonchev–Trinajstić information content (AvgIpc) is 2.83. The molecule has 0 radical (unpaired) electrons. The Bertz CT molecular complexity index is 713. The Morgan fingerprint density at radius 2 is 1.75 bits per heavy atom. The fraction of sp³-hybridized carbons (Fsp3) is 0.235. The highest BCUT2D eigenvalue weighted by molar-refractivity contribution is 7.18. The number of benzene rings is 2. The number of aryl methyl sites for hydroxylation is 2. The number of hydrogen-bond donors (Lipinski definition) is 1. The number of nitrogens with zero attached hydrogens (tertiary/aromatic N) is 1. The van der Waals surface area contributed by atoms with Crippen molar-refractivity contribution in [2.75, 3.05) is 11.9 Å². The zero-order valence-electron chi connectivity index (χ0n) is 11.8. The molecule has 0 saturated carbocycles. The SMILES string of the molecule is Cc1ccc(NCCc2nc3ccc(C)cc3s2)cc1. The van der Waals surface area contributed by atoms with Crippen LogP contribution in [0.2, 0.25) is 0 Å². The average molecular weight is 282 g/mol. The number of thiazole rings is 1. The van der Waals surface area contributed by atoms with Gasteiger partial charge in [-0.1, -0.05) is 23.8 Å². The summed E-state index contributed by atoms with van der Waals surface area (Å²) < 4.78 is 1.29. The maximum Gasteiger partial charge on any atom is 0.0956 e. The zero-order valence-corrected chi connectivity index (χ0v) is 12.6. The van der Waals surface area contributed by atoms with E-state index < -0.39 is 0 Å². The second kappa shape index (κ2) is 5.63. The predicted molar refractivity (Wildman–Crippen MR) is 87.7 cm³/mol. The van der Waals surface area contributed by atoms with Crippen molar-refractivity contribution < 1.29 is 0 Å². The highest BCUT2D eigenvalue weighted by Crippen LogP contribution is 2.23. The first-order valence-electron chi connectivity index (χ1n) is 6.87. The van der Waals surface area contributed by atoms with Crippen molar-refractivity contribution in [2.45, 2.75) is 20.3 Å². The van der Waals surface area contributed by atoms with Crippen molar-refractivity contribution in [1.82, 2.24) is 4.98 Å². The number of fused-ring (bicyclic) bond motifs is 1. The van der Waals surface area contributed by atoms with E-state index in [1.165, 1.54) is 26.5 Å². The maximum absolute atomic E-state index is 4.68. The van der Waals surface area contributed by atoms with Crippen LogP contribution >= 0.6 is 11.3 Å². The van der Waals surface area contributed by atoms with Gasteiger partial charge in [0.25, 0.3) is 0 Å². The molecule has 0 spiro atoms. The van der Waals surface area contributed by atoms with E-state index in [0.29, 0.717) is 0 Å². The molecular formula is C17H18N2S. The first-order valence-corrected chi connectivity index (χ1v) is 7.69. The van der Waals surface area contributed by atoms with E-state index in [0.717, 1.165) is 18.5 Å². The van der Waals surface area contributed by atoms with Gasteiger partial charge in [0.2, 0.25) is 0 Å². The summed E-state index contributed by atoms with van der Waals surface area (Å²) in [7, 11) is 0. The lowest BCUT2D eigenvalue weighted by atomic mass is 10.2. The molecule has 1 N–H and O–H groups in total. The minimum Gasteiger partial charge on any atom is -0.385 e. The third-order valence-electron chi connectivity index (χ3n) is 3.31. The molecule has 3 heteroatoms. The Hall–Kier alpha value is -1.87. The monoisotopic (exact) mass is 282 g/mol. The van der Waals surface area contributed by atoms with Gasteiger partial charge in [-0.2, -0.15) is 0 Å². The van der Waals surface area contributed by atoms with Gasteiger partial charge in [-0.15, -0.1) is 11.3 Å². The summed E-state index contributed by atoms with van der Waals surface area (Å²) in [4.78, 5) is 4.68. The molecule has 0 amide bonds. The molecular weight excluding hydrogens is 264 g/mol. The van der Waals surface area contributed by atoms with Crippen molar-refractivity contribution in [3.63, 3.8) is 0 Å². The topological polar surface area (TPSA) is 24.9 Å². The summed E-state index contributed by atoms with van der Waals surface area (Å²) in [6, 6.07) is 14.9. The number of hydrogen-bond acceptors (Lipinski definition) is 3. The van der Waals surface area contributed by atoms with Crippen molar-refractivity contribution in [2.24, 2.45) is 0 Å². The summed E-state index contributed by atoms with van der Waals surface area (Å²) in [6.07, 6.45) is 0.965. The first-order chi connectivity index (χ1) is 9.70. The van der Waals surface area contributed by atoms with Crippen molar-refractivity contribution in [3.05, 3.63) is 58.6 Å². The largest absolute Gasteiger partial charge is 0.385 e. The van der Waals surface area contributed by atoms with Crippen LogP contribution in [-0.2, 0) is 6.42 Å². The Morgan fingerprint density at radius 1 is 1.00 bits per heavy atom. The van der Waals surface area contributed by atoms with Crippen LogP contribution in [0.15, 0.2) is 42.5 Å². The molecule has 3 rings (SSSR count). The molecule has 1 heterocycles. The van der Waals surface area contributed by atoms with Crippen LogP contribution in [0.5, 0.6) is 0 Å². The van der Waals surface area contributed by atoms with Gasteiger partial charge in [0.15, 0.2) is 0 Å². The first kappa shape index (κ1) is 13.1. The van der Waals surface area contributed by atoms with E-state index in [2.05, 4.69) is 66.6 Å². The van der Waals surface area contributed by atoms with Gasteiger partial charge >= 0.3 is 0 Å². The lowest BCUT2D eigenvalue weighted by Crippen LogP contribution is -2.04. The molecule has 3 aromatic rings. The fourth-order valence-corrected chi connectivity index (χ4v) is 3.24. The molecule has 0 saturated heterocycles. The number of aromatic nitrogens is 1. The van der Waals surface area contributed by atoms with Gasteiger partial charge in [0.1, 0.15) is 0 Å². The van der Waals surface area contributed by atoms with E-state index in [4.69, 9.17) is 0 Å². The van der Waals surface area contributed by atoms with E-state index in [-0.39, 0.29) is 0 Å². The van der Waals surface area contributed by atoms with Crippen LogP contribution < -0.4 is 5.32 Å². The highest BCUT2D eigenvalue weighted by Gasteiger charge is 2.03. The van der Waals surface area contributed by atoms with Crippen LogP contribution in [0.3, 0.4) is 0 Å². The van der Waals surface area contributed by atoms with E-state index in [9.17, 15) is 0 Å². The molecule has 2 nitrogen and oxygen atoms in total. The Labute approximate surface area is 123 Å². The minimum absolute atomic E-state index is 0.919. The van der Waals surface area contributed by atoms with Crippen molar-refractivity contribution >= 4 is 27.2 Å². The number of nitrogens with one attached hydrogen (secondary N) is 1. The van der Waals surface area contributed by atoms with Gasteiger partial charge in [-0.25, -0.2) is 4.98 Å². The van der Waals surface area contributed by atoms with Crippen molar-refractivity contribution in [3.8, 4) is 0 Å². The minimum atomic E-state index is 0.919. The lowest BCUT2D eigenvalue weighted by Gasteiger charge is -2.04. The Kier molecular flexibility index (Phi) is 3.70. The molecule has 102 valence electrons. The molecule has 2 aromatic carbocycles. The van der Waals surface area contributed by atoms with Crippen LogP contribution in [-0.4, -0.2) is 11.5 Å². The highest BCUT2D eigenvalue weighted by atomic mass is 32.1. The standard InChI is InChI=1S/C17H18N2S/c1-12-3-6-14(7-4-12)18-10-9-17-19-15-8-5-13(2)11-16(15)20-17/h3-8,11,18H,9-10H2,1-2H3. The number of rotatable bonds is 4. The Morgan fingerprint density at radius 3 is 2.55 bits per heavy atom. The molecule has 20 heavy (non-hydrogen) atoms. The summed E-state index contributed by atoms with van der Waals surface area (Å²) >= 11 is 1.80. The molecule has 0 aliphatic heterocycles. The number of anilines is 1. The van der Waals surface area contributed by atoms with E-state index in [1.54, 1.807) is 11.3 Å². The van der Waals surface area contributed by atoms with Crippen LogP contribution in [0.4, 0.5) is 5.69 Å². The van der Waals surface area contributed by atoms with Crippen molar-refractivity contribution in [1.29, 1.82) is 0 Å². The summed E-state index contributed by atoms with van der Waals surface area (Å²) in [5, 5.41) is 4.64. The zero-order chi connectivity index (χ0) is 13.9. The quantitative estimate of drug-likeness (QED) is 0.758. The van der Waals surface area contributed by atoms with E-state index in [1.807, 2.05) is 0 Å². The normalized spacial score (nSPS) is 10.9. The van der Waals surface area contributed by atoms with Crippen LogP contribution in [0.25, 0.3) is 10.2 Å².